The van der Waals surface area contributed by atoms with E-state index in [0.29, 0.717) is 0 Å². The lowest BCUT2D eigenvalue weighted by molar-refractivity contribution is -0.140. The highest BCUT2D eigenvalue weighted by atomic mass is 19.4. The Morgan fingerprint density at radius 1 is 1.30 bits per heavy atom. The molecule has 1 amide bonds. The summed E-state index contributed by atoms with van der Waals surface area (Å²) in [6, 6.07) is 3.29. The molecule has 2 aromatic heterocycles. The predicted octanol–water partition coefficient (Wildman–Crippen LogP) is 2.89. The number of nitrogens with zero attached hydrogens (tertiary/aromatic N) is 2. The first kappa shape index (κ1) is 16.8. The van der Waals surface area contributed by atoms with Gasteiger partial charge in [0, 0.05) is 18.9 Å². The maximum atomic E-state index is 13.1. The van der Waals surface area contributed by atoms with E-state index in [9.17, 15) is 22.4 Å². The highest BCUT2D eigenvalue weighted by Crippen LogP contribution is 2.35. The normalized spacial score (nSPS) is 11.3. The van der Waals surface area contributed by atoms with Crippen molar-refractivity contribution in [3.63, 3.8) is 0 Å². The zero-order valence-electron chi connectivity index (χ0n) is 11.8. The maximum Gasteiger partial charge on any atom is 0.435 e. The van der Waals surface area contributed by atoms with Crippen molar-refractivity contribution in [3.8, 4) is 11.3 Å². The lowest BCUT2D eigenvalue weighted by Crippen LogP contribution is -2.21. The fourth-order valence-electron chi connectivity index (χ4n) is 1.81. The van der Waals surface area contributed by atoms with Crippen LogP contribution in [-0.2, 0) is 15.7 Å². The molecule has 0 bridgehead atoms. The van der Waals surface area contributed by atoms with Crippen molar-refractivity contribution in [2.24, 2.45) is 0 Å². The summed E-state index contributed by atoms with van der Waals surface area (Å²) >= 11 is 0. The molecule has 122 valence electrons. The summed E-state index contributed by atoms with van der Waals surface area (Å²) in [5.74, 6) is -1.45. The molecule has 5 nitrogen and oxygen atoms in total. The van der Waals surface area contributed by atoms with Gasteiger partial charge in [0.25, 0.3) is 0 Å². The third kappa shape index (κ3) is 4.22. The monoisotopic (exact) mass is 329 g/mol. The zero-order chi connectivity index (χ0) is 17.0. The van der Waals surface area contributed by atoms with Crippen LogP contribution in [0.3, 0.4) is 0 Å². The van der Waals surface area contributed by atoms with Crippen LogP contribution in [0.2, 0.25) is 0 Å². The molecule has 2 aromatic rings. The van der Waals surface area contributed by atoms with Crippen LogP contribution >= 0.6 is 0 Å². The average molecular weight is 329 g/mol. The van der Waals surface area contributed by atoms with Gasteiger partial charge >= 0.3 is 6.18 Å². The molecule has 0 aromatic carbocycles. The standard InChI is InChI=1S/C14H11F4N3O2/c1-23-7-12(22)20-11-3-2-10(21-13(11)14(16,17)18)8-4-9(15)6-19-5-8/h2-6H,7H2,1H3,(H,20,22). The Morgan fingerprint density at radius 3 is 2.65 bits per heavy atom. The van der Waals surface area contributed by atoms with E-state index in [1.807, 2.05) is 0 Å². The molecule has 0 radical (unpaired) electrons. The molecule has 0 aliphatic rings. The molecule has 0 atom stereocenters. The van der Waals surface area contributed by atoms with Crippen LogP contribution < -0.4 is 5.32 Å². The van der Waals surface area contributed by atoms with Crippen molar-refractivity contribution in [2.45, 2.75) is 6.18 Å². The first-order valence-electron chi connectivity index (χ1n) is 6.29. The summed E-state index contributed by atoms with van der Waals surface area (Å²) in [6.45, 7) is -0.396. The van der Waals surface area contributed by atoms with Gasteiger partial charge in [-0.05, 0) is 18.2 Å². The van der Waals surface area contributed by atoms with Crippen molar-refractivity contribution in [2.75, 3.05) is 19.0 Å². The summed E-state index contributed by atoms with van der Waals surface area (Å²) in [5.41, 5.74) is -1.82. The lowest BCUT2D eigenvalue weighted by atomic mass is 10.1. The lowest BCUT2D eigenvalue weighted by Gasteiger charge is -2.14. The number of methoxy groups -OCH3 is 1. The molecule has 2 rings (SSSR count). The fraction of sp³-hybridized carbons (Fsp3) is 0.214. The smallest absolute Gasteiger partial charge is 0.375 e. The predicted molar refractivity (Wildman–Crippen MR) is 72.9 cm³/mol. The number of ether oxygens (including phenoxy) is 1. The van der Waals surface area contributed by atoms with E-state index < -0.39 is 35.9 Å². The number of rotatable bonds is 4. The zero-order valence-corrected chi connectivity index (χ0v) is 11.8. The number of hydrogen-bond donors (Lipinski definition) is 1. The van der Waals surface area contributed by atoms with Gasteiger partial charge in [-0.15, -0.1) is 0 Å². The van der Waals surface area contributed by atoms with Crippen molar-refractivity contribution >= 4 is 11.6 Å². The van der Waals surface area contributed by atoms with Gasteiger partial charge in [-0.1, -0.05) is 0 Å². The van der Waals surface area contributed by atoms with E-state index in [4.69, 9.17) is 0 Å². The minimum atomic E-state index is -4.80. The summed E-state index contributed by atoms with van der Waals surface area (Å²) in [7, 11) is 1.24. The number of alkyl halides is 3. The van der Waals surface area contributed by atoms with E-state index >= 15 is 0 Å². The van der Waals surface area contributed by atoms with Crippen molar-refractivity contribution in [1.82, 2.24) is 9.97 Å². The summed E-state index contributed by atoms with van der Waals surface area (Å²) < 4.78 is 57.1. The third-order valence-corrected chi connectivity index (χ3v) is 2.71. The molecular weight excluding hydrogens is 318 g/mol. The van der Waals surface area contributed by atoms with Crippen LogP contribution in [-0.4, -0.2) is 29.6 Å². The van der Waals surface area contributed by atoms with Gasteiger partial charge in [-0.2, -0.15) is 13.2 Å². The van der Waals surface area contributed by atoms with Crippen LogP contribution in [0.4, 0.5) is 23.2 Å². The summed E-state index contributed by atoms with van der Waals surface area (Å²) in [4.78, 5) is 18.4. The van der Waals surface area contributed by atoms with Crippen molar-refractivity contribution < 1.29 is 27.1 Å². The summed E-state index contributed by atoms with van der Waals surface area (Å²) in [5, 5.41) is 2.07. The molecule has 0 spiro atoms. The van der Waals surface area contributed by atoms with Gasteiger partial charge in [0.15, 0.2) is 5.69 Å². The molecule has 0 unspecified atom stereocenters. The van der Waals surface area contributed by atoms with E-state index in [-0.39, 0.29) is 11.3 Å². The number of amides is 1. The Bertz CT molecular complexity index is 719. The Hall–Kier alpha value is -2.55. The minimum Gasteiger partial charge on any atom is -0.375 e. The van der Waals surface area contributed by atoms with Gasteiger partial charge in [-0.25, -0.2) is 9.37 Å². The van der Waals surface area contributed by atoms with Crippen LogP contribution in [0.15, 0.2) is 30.6 Å². The number of carbonyl (C=O) groups excluding carboxylic acids is 1. The topological polar surface area (TPSA) is 64.1 Å². The van der Waals surface area contributed by atoms with Crippen LogP contribution in [0.1, 0.15) is 5.69 Å². The number of anilines is 1. The molecule has 0 saturated carbocycles. The van der Waals surface area contributed by atoms with E-state index in [2.05, 4.69) is 20.0 Å². The number of pyridine rings is 2. The van der Waals surface area contributed by atoms with E-state index in [1.165, 1.54) is 19.4 Å². The van der Waals surface area contributed by atoms with Crippen LogP contribution in [0, 0.1) is 5.82 Å². The van der Waals surface area contributed by atoms with E-state index in [1.54, 1.807) is 0 Å². The highest BCUT2D eigenvalue weighted by molar-refractivity contribution is 5.92. The largest absolute Gasteiger partial charge is 0.435 e. The van der Waals surface area contributed by atoms with Gasteiger partial charge in [0.2, 0.25) is 5.91 Å². The molecule has 0 saturated heterocycles. The van der Waals surface area contributed by atoms with Crippen molar-refractivity contribution in [1.29, 1.82) is 0 Å². The maximum absolute atomic E-state index is 13.1. The number of aromatic nitrogens is 2. The number of carbonyl (C=O) groups is 1. The summed E-state index contributed by atoms with van der Waals surface area (Å²) in [6.07, 6.45) is -2.69. The Labute approximate surface area is 128 Å². The molecule has 0 fully saturated rings. The second kappa shape index (κ2) is 6.69. The molecule has 9 heteroatoms. The minimum absolute atomic E-state index is 0.0882. The van der Waals surface area contributed by atoms with Gasteiger partial charge < -0.3 is 10.1 Å². The number of halogens is 4. The molecular formula is C14H11F4N3O2. The quantitative estimate of drug-likeness (QED) is 0.876. The van der Waals surface area contributed by atoms with E-state index in [0.717, 1.165) is 18.3 Å². The third-order valence-electron chi connectivity index (χ3n) is 2.71. The Morgan fingerprint density at radius 2 is 2.04 bits per heavy atom. The number of nitrogens with one attached hydrogen (secondary N) is 1. The first-order chi connectivity index (χ1) is 10.8. The molecule has 1 N–H and O–H groups in total. The van der Waals surface area contributed by atoms with Crippen LogP contribution in [0.5, 0.6) is 0 Å². The Balaban J connectivity index is 2.44. The van der Waals surface area contributed by atoms with Gasteiger partial charge in [0.1, 0.15) is 12.4 Å². The first-order valence-corrected chi connectivity index (χ1v) is 6.29. The number of hydrogen-bond acceptors (Lipinski definition) is 4. The SMILES string of the molecule is COCC(=O)Nc1ccc(-c2cncc(F)c2)nc1C(F)(F)F. The van der Waals surface area contributed by atoms with Gasteiger partial charge in [0.05, 0.1) is 17.6 Å². The van der Waals surface area contributed by atoms with Crippen molar-refractivity contribution in [3.05, 3.63) is 42.1 Å². The molecule has 0 aliphatic carbocycles. The average Bonchev–Trinajstić information content (AvgIpc) is 2.46. The Kier molecular flexibility index (Phi) is 4.89. The fourth-order valence-corrected chi connectivity index (χ4v) is 1.81. The molecule has 2 heterocycles. The second-order valence-electron chi connectivity index (χ2n) is 4.46. The molecule has 23 heavy (non-hydrogen) atoms. The highest BCUT2D eigenvalue weighted by Gasteiger charge is 2.36. The molecule has 0 aliphatic heterocycles. The van der Waals surface area contributed by atoms with Gasteiger partial charge in [-0.3, -0.25) is 9.78 Å². The van der Waals surface area contributed by atoms with Crippen LogP contribution in [0.25, 0.3) is 11.3 Å². The second-order valence-corrected chi connectivity index (χ2v) is 4.46.